The van der Waals surface area contributed by atoms with Crippen LogP contribution in [0.2, 0.25) is 0 Å². The van der Waals surface area contributed by atoms with Gasteiger partial charge in [-0.1, -0.05) is 13.8 Å². The Morgan fingerprint density at radius 1 is 1.29 bits per heavy atom. The van der Waals surface area contributed by atoms with Crippen LogP contribution in [0.15, 0.2) is 11.0 Å². The molecule has 0 saturated carbocycles. The second-order valence-corrected chi connectivity index (χ2v) is 9.38. The highest BCUT2D eigenvalue weighted by molar-refractivity contribution is 7.89. The molecule has 0 aromatic carbocycles. The molecule has 1 saturated heterocycles. The second-order valence-electron chi connectivity index (χ2n) is 5.87. The van der Waals surface area contributed by atoms with Crippen molar-refractivity contribution >= 4 is 33.0 Å². The van der Waals surface area contributed by atoms with E-state index in [9.17, 15) is 8.42 Å². The molecule has 0 radical (unpaired) electrons. The SMILES string of the molecule is Cc1sc(CCl)cc1S(=O)(=O)N1CCN(CC(C)C)CC1. The first-order chi connectivity index (χ1) is 9.84. The van der Waals surface area contributed by atoms with Crippen molar-refractivity contribution in [3.8, 4) is 0 Å². The summed E-state index contributed by atoms with van der Waals surface area (Å²) in [6, 6.07) is 1.73. The van der Waals surface area contributed by atoms with E-state index in [4.69, 9.17) is 11.6 Å². The Hall–Kier alpha value is -0.140. The third kappa shape index (κ3) is 3.99. The Labute approximate surface area is 136 Å². The van der Waals surface area contributed by atoms with Crippen molar-refractivity contribution in [1.82, 2.24) is 9.21 Å². The van der Waals surface area contributed by atoms with Gasteiger partial charge < -0.3 is 4.90 Å². The lowest BCUT2D eigenvalue weighted by Crippen LogP contribution is -2.49. The summed E-state index contributed by atoms with van der Waals surface area (Å²) in [6.45, 7) is 10.0. The molecule has 0 N–H and O–H groups in total. The van der Waals surface area contributed by atoms with Crippen LogP contribution >= 0.6 is 22.9 Å². The van der Waals surface area contributed by atoms with Crippen molar-refractivity contribution in [2.45, 2.75) is 31.5 Å². The van der Waals surface area contributed by atoms with Crippen LogP contribution in [-0.4, -0.2) is 50.3 Å². The highest BCUT2D eigenvalue weighted by Gasteiger charge is 2.30. The van der Waals surface area contributed by atoms with Crippen LogP contribution in [0.25, 0.3) is 0 Å². The standard InChI is InChI=1S/C14H23ClN2O2S2/c1-11(2)10-16-4-6-17(7-5-16)21(18,19)14-8-13(9-15)20-12(14)3/h8,11H,4-7,9-10H2,1-3H3. The summed E-state index contributed by atoms with van der Waals surface area (Å²) in [5, 5.41) is 0. The van der Waals surface area contributed by atoms with E-state index < -0.39 is 10.0 Å². The maximum Gasteiger partial charge on any atom is 0.244 e. The minimum Gasteiger partial charge on any atom is -0.300 e. The molecule has 0 unspecified atom stereocenters. The van der Waals surface area contributed by atoms with Gasteiger partial charge in [0.25, 0.3) is 0 Å². The molecule has 4 nitrogen and oxygen atoms in total. The van der Waals surface area contributed by atoms with E-state index in [-0.39, 0.29) is 0 Å². The van der Waals surface area contributed by atoms with Gasteiger partial charge in [0.1, 0.15) is 0 Å². The van der Waals surface area contributed by atoms with Gasteiger partial charge in [0.15, 0.2) is 0 Å². The fraction of sp³-hybridized carbons (Fsp3) is 0.714. The summed E-state index contributed by atoms with van der Waals surface area (Å²) in [5.41, 5.74) is 0. The van der Waals surface area contributed by atoms with Crippen LogP contribution in [0.3, 0.4) is 0 Å². The summed E-state index contributed by atoms with van der Waals surface area (Å²) < 4.78 is 27.1. The lowest BCUT2D eigenvalue weighted by atomic mass is 10.2. The van der Waals surface area contributed by atoms with Gasteiger partial charge in [-0.05, 0) is 18.9 Å². The van der Waals surface area contributed by atoms with Gasteiger partial charge in [-0.2, -0.15) is 4.31 Å². The fourth-order valence-electron chi connectivity index (χ4n) is 2.65. The third-order valence-electron chi connectivity index (χ3n) is 3.63. The molecule has 21 heavy (non-hydrogen) atoms. The Morgan fingerprint density at radius 3 is 2.38 bits per heavy atom. The van der Waals surface area contributed by atoms with Crippen molar-refractivity contribution in [2.75, 3.05) is 32.7 Å². The summed E-state index contributed by atoms with van der Waals surface area (Å²) >= 11 is 7.28. The first-order valence-corrected chi connectivity index (χ1v) is 10.0. The summed E-state index contributed by atoms with van der Waals surface area (Å²) in [7, 11) is -3.38. The van der Waals surface area contributed by atoms with E-state index in [0.29, 0.717) is 29.8 Å². The van der Waals surface area contributed by atoms with E-state index in [1.54, 1.807) is 10.4 Å². The van der Waals surface area contributed by atoms with Crippen molar-refractivity contribution in [3.63, 3.8) is 0 Å². The van der Waals surface area contributed by atoms with E-state index in [1.807, 2.05) is 6.92 Å². The van der Waals surface area contributed by atoms with Gasteiger partial charge in [-0.25, -0.2) is 8.42 Å². The van der Waals surface area contributed by atoms with E-state index in [0.717, 1.165) is 29.4 Å². The topological polar surface area (TPSA) is 40.6 Å². The highest BCUT2D eigenvalue weighted by Crippen LogP contribution is 2.29. The molecule has 120 valence electrons. The average Bonchev–Trinajstić information content (AvgIpc) is 2.81. The highest BCUT2D eigenvalue weighted by atomic mass is 35.5. The number of piperazine rings is 1. The summed E-state index contributed by atoms with van der Waals surface area (Å²) in [6.07, 6.45) is 0. The molecule has 1 fully saturated rings. The van der Waals surface area contributed by atoms with Crippen molar-refractivity contribution in [2.24, 2.45) is 5.92 Å². The van der Waals surface area contributed by atoms with Gasteiger partial charge in [0.05, 0.1) is 10.8 Å². The van der Waals surface area contributed by atoms with Crippen LogP contribution in [0.1, 0.15) is 23.6 Å². The molecular formula is C14H23ClN2O2S2. The largest absolute Gasteiger partial charge is 0.300 e. The molecule has 0 bridgehead atoms. The van der Waals surface area contributed by atoms with Crippen LogP contribution < -0.4 is 0 Å². The molecule has 0 spiro atoms. The maximum atomic E-state index is 12.7. The molecule has 7 heteroatoms. The number of thiophene rings is 1. The Balaban J connectivity index is 2.09. The molecule has 1 aliphatic heterocycles. The van der Waals surface area contributed by atoms with Crippen LogP contribution in [0.4, 0.5) is 0 Å². The number of hydrogen-bond acceptors (Lipinski definition) is 4. The number of alkyl halides is 1. The molecule has 1 aromatic heterocycles. The van der Waals surface area contributed by atoms with Crippen LogP contribution in [0.5, 0.6) is 0 Å². The van der Waals surface area contributed by atoms with E-state index in [1.165, 1.54) is 11.3 Å². The monoisotopic (exact) mass is 350 g/mol. The molecule has 2 heterocycles. The number of aryl methyl sites for hydroxylation is 1. The fourth-order valence-corrected chi connectivity index (χ4v) is 5.77. The third-order valence-corrected chi connectivity index (χ3v) is 7.28. The minimum absolute atomic E-state index is 0.364. The predicted octanol–water partition coefficient (Wildman–Crippen LogP) is 2.76. The lowest BCUT2D eigenvalue weighted by Gasteiger charge is -2.34. The zero-order valence-electron chi connectivity index (χ0n) is 12.8. The molecule has 1 aliphatic rings. The first kappa shape index (κ1) is 17.2. The Kier molecular flexibility index (Phi) is 5.71. The second kappa shape index (κ2) is 6.96. The normalized spacial score (nSPS) is 18.5. The average molecular weight is 351 g/mol. The van der Waals surface area contributed by atoms with Gasteiger partial charge in [0, 0.05) is 42.5 Å². The van der Waals surface area contributed by atoms with Crippen LogP contribution in [-0.2, 0) is 15.9 Å². The number of sulfonamides is 1. The Morgan fingerprint density at radius 2 is 1.90 bits per heavy atom. The summed E-state index contributed by atoms with van der Waals surface area (Å²) in [5.74, 6) is 0.974. The minimum atomic E-state index is -3.38. The van der Waals surface area contributed by atoms with Crippen molar-refractivity contribution in [3.05, 3.63) is 15.8 Å². The molecule has 0 atom stereocenters. The van der Waals surface area contributed by atoms with E-state index in [2.05, 4.69) is 18.7 Å². The van der Waals surface area contributed by atoms with Gasteiger partial charge >= 0.3 is 0 Å². The van der Waals surface area contributed by atoms with Crippen molar-refractivity contribution in [1.29, 1.82) is 0 Å². The zero-order chi connectivity index (χ0) is 15.6. The molecule has 0 amide bonds. The van der Waals surface area contributed by atoms with Crippen LogP contribution in [0, 0.1) is 12.8 Å². The molecular weight excluding hydrogens is 328 g/mol. The van der Waals surface area contributed by atoms with Gasteiger partial charge in [-0.3, -0.25) is 0 Å². The molecule has 1 aromatic rings. The quantitative estimate of drug-likeness (QED) is 0.767. The zero-order valence-corrected chi connectivity index (χ0v) is 15.2. The van der Waals surface area contributed by atoms with E-state index >= 15 is 0 Å². The Bertz CT molecular complexity index is 576. The number of hydrogen-bond donors (Lipinski definition) is 0. The number of rotatable bonds is 5. The number of nitrogens with zero attached hydrogens (tertiary/aromatic N) is 2. The number of halogens is 1. The predicted molar refractivity (Wildman–Crippen MR) is 88.6 cm³/mol. The maximum absolute atomic E-state index is 12.7. The van der Waals surface area contributed by atoms with Gasteiger partial charge in [0.2, 0.25) is 10.0 Å². The molecule has 0 aliphatic carbocycles. The molecule has 2 rings (SSSR count). The first-order valence-electron chi connectivity index (χ1n) is 7.22. The van der Waals surface area contributed by atoms with Crippen molar-refractivity contribution < 1.29 is 8.42 Å². The lowest BCUT2D eigenvalue weighted by molar-refractivity contribution is 0.172. The van der Waals surface area contributed by atoms with Gasteiger partial charge in [-0.15, -0.1) is 22.9 Å². The smallest absolute Gasteiger partial charge is 0.244 e. The summed E-state index contributed by atoms with van der Waals surface area (Å²) in [4.78, 5) is 4.50.